The molecule has 6 heteroatoms. The number of nitrogens with zero attached hydrogens (tertiary/aromatic N) is 4. The van der Waals surface area contributed by atoms with E-state index < -0.39 is 5.97 Å². The van der Waals surface area contributed by atoms with Crippen molar-refractivity contribution in [3.8, 4) is 11.5 Å². The maximum absolute atomic E-state index is 10.6. The molecule has 2 aromatic heterocycles. The summed E-state index contributed by atoms with van der Waals surface area (Å²) in [5.41, 5.74) is 0.813. The van der Waals surface area contributed by atoms with Crippen LogP contribution in [0.25, 0.3) is 11.5 Å². The van der Waals surface area contributed by atoms with Crippen LogP contribution >= 0.6 is 0 Å². The van der Waals surface area contributed by atoms with Crippen LogP contribution in [0.1, 0.15) is 10.4 Å². The number of carboxylic acid groups (broad SMARTS) is 1. The van der Waals surface area contributed by atoms with Crippen molar-refractivity contribution in [1.82, 2.24) is 19.7 Å². The zero-order chi connectivity index (χ0) is 10.8. The van der Waals surface area contributed by atoms with Gasteiger partial charge in [-0.25, -0.2) is 14.8 Å². The van der Waals surface area contributed by atoms with E-state index in [-0.39, 0.29) is 5.56 Å². The highest BCUT2D eigenvalue weighted by Crippen LogP contribution is 2.11. The molecule has 0 aliphatic carbocycles. The summed E-state index contributed by atoms with van der Waals surface area (Å²) in [6, 6.07) is 1.76. The fraction of sp³-hybridized carbons (Fsp3) is 0.111. The molecule has 0 aliphatic rings. The molecule has 0 saturated carbocycles. The van der Waals surface area contributed by atoms with Gasteiger partial charge in [-0.2, -0.15) is 5.10 Å². The van der Waals surface area contributed by atoms with Crippen molar-refractivity contribution in [3.05, 3.63) is 30.2 Å². The lowest BCUT2D eigenvalue weighted by Crippen LogP contribution is -2.01. The normalized spacial score (nSPS) is 10.2. The predicted molar refractivity (Wildman–Crippen MR) is 51.2 cm³/mol. The van der Waals surface area contributed by atoms with Gasteiger partial charge < -0.3 is 5.11 Å². The van der Waals surface area contributed by atoms with Crippen LogP contribution < -0.4 is 0 Å². The number of aromatic carboxylic acids is 1. The van der Waals surface area contributed by atoms with Crippen LogP contribution in [0.5, 0.6) is 0 Å². The third kappa shape index (κ3) is 1.69. The lowest BCUT2D eigenvalue weighted by atomic mass is 10.3. The van der Waals surface area contributed by atoms with Crippen LogP contribution in [0.2, 0.25) is 0 Å². The van der Waals surface area contributed by atoms with Gasteiger partial charge in [0, 0.05) is 25.6 Å². The number of aromatic nitrogens is 4. The molecule has 1 N–H and O–H groups in total. The Morgan fingerprint density at radius 3 is 2.53 bits per heavy atom. The number of rotatable bonds is 2. The van der Waals surface area contributed by atoms with E-state index in [0.29, 0.717) is 5.82 Å². The Morgan fingerprint density at radius 1 is 1.40 bits per heavy atom. The summed E-state index contributed by atoms with van der Waals surface area (Å²) >= 11 is 0. The standard InChI is InChI=1S/C9H8N4O2/c1-13-7(2-3-12-13)8-10-4-6(5-11-8)9(14)15/h2-5H,1H3,(H,14,15). The fourth-order valence-corrected chi connectivity index (χ4v) is 1.16. The van der Waals surface area contributed by atoms with E-state index in [1.54, 1.807) is 24.0 Å². The van der Waals surface area contributed by atoms with E-state index in [2.05, 4.69) is 15.1 Å². The van der Waals surface area contributed by atoms with E-state index >= 15 is 0 Å². The van der Waals surface area contributed by atoms with Gasteiger partial charge in [0.25, 0.3) is 0 Å². The zero-order valence-electron chi connectivity index (χ0n) is 7.95. The molecule has 0 fully saturated rings. The molecule has 0 aromatic carbocycles. The van der Waals surface area contributed by atoms with Crippen molar-refractivity contribution in [1.29, 1.82) is 0 Å². The number of carbonyl (C=O) groups is 1. The van der Waals surface area contributed by atoms with Gasteiger partial charge in [-0.05, 0) is 6.07 Å². The molecule has 0 spiro atoms. The zero-order valence-corrected chi connectivity index (χ0v) is 7.95. The molecule has 0 amide bonds. The van der Waals surface area contributed by atoms with Crippen molar-refractivity contribution in [2.45, 2.75) is 0 Å². The number of carboxylic acids is 1. The Kier molecular flexibility index (Phi) is 2.17. The van der Waals surface area contributed by atoms with Crippen molar-refractivity contribution >= 4 is 5.97 Å². The molecule has 0 radical (unpaired) electrons. The van der Waals surface area contributed by atoms with Crippen LogP contribution in [-0.4, -0.2) is 30.8 Å². The van der Waals surface area contributed by atoms with Gasteiger partial charge in [-0.1, -0.05) is 0 Å². The molecule has 76 valence electrons. The van der Waals surface area contributed by atoms with E-state index in [0.717, 1.165) is 5.69 Å². The number of hydrogen-bond acceptors (Lipinski definition) is 4. The Hall–Kier alpha value is -2.24. The largest absolute Gasteiger partial charge is 0.478 e. The van der Waals surface area contributed by atoms with Crippen LogP contribution in [0.3, 0.4) is 0 Å². The first-order chi connectivity index (χ1) is 7.18. The topological polar surface area (TPSA) is 80.9 Å². The Labute approximate surface area is 85.2 Å². The Morgan fingerprint density at radius 2 is 2.07 bits per heavy atom. The first-order valence-corrected chi connectivity index (χ1v) is 4.22. The van der Waals surface area contributed by atoms with Gasteiger partial charge in [0.15, 0.2) is 5.82 Å². The highest BCUT2D eigenvalue weighted by Gasteiger charge is 2.07. The molecule has 2 aromatic rings. The average molecular weight is 204 g/mol. The lowest BCUT2D eigenvalue weighted by Gasteiger charge is -1.99. The molecule has 0 atom stereocenters. The minimum Gasteiger partial charge on any atom is -0.478 e. The Bertz CT molecular complexity index is 489. The molecule has 6 nitrogen and oxygen atoms in total. The van der Waals surface area contributed by atoms with E-state index in [9.17, 15) is 4.79 Å². The van der Waals surface area contributed by atoms with E-state index in [1.807, 2.05) is 0 Å². The van der Waals surface area contributed by atoms with Crippen molar-refractivity contribution in [3.63, 3.8) is 0 Å². The van der Waals surface area contributed by atoms with Gasteiger partial charge in [-0.15, -0.1) is 0 Å². The summed E-state index contributed by atoms with van der Waals surface area (Å²) in [5, 5.41) is 12.6. The predicted octanol–water partition coefficient (Wildman–Crippen LogP) is 0.575. The molecule has 0 bridgehead atoms. The van der Waals surface area contributed by atoms with Gasteiger partial charge in [-0.3, -0.25) is 4.68 Å². The molecule has 2 rings (SSSR count). The summed E-state index contributed by atoms with van der Waals surface area (Å²) in [6.45, 7) is 0. The SMILES string of the molecule is Cn1nccc1-c1ncc(C(=O)O)cn1. The molecular weight excluding hydrogens is 196 g/mol. The van der Waals surface area contributed by atoms with Crippen LogP contribution in [0, 0.1) is 0 Å². The molecule has 2 heterocycles. The van der Waals surface area contributed by atoms with Crippen molar-refractivity contribution in [2.75, 3.05) is 0 Å². The third-order valence-corrected chi connectivity index (χ3v) is 1.95. The summed E-state index contributed by atoms with van der Waals surface area (Å²) < 4.78 is 1.62. The second-order valence-corrected chi connectivity index (χ2v) is 2.94. The lowest BCUT2D eigenvalue weighted by molar-refractivity contribution is 0.0696. The molecule has 0 unspecified atom stereocenters. The molecule has 0 aliphatic heterocycles. The third-order valence-electron chi connectivity index (χ3n) is 1.95. The number of aryl methyl sites for hydroxylation is 1. The summed E-state index contributed by atoms with van der Waals surface area (Å²) in [6.07, 6.45) is 4.18. The maximum Gasteiger partial charge on any atom is 0.338 e. The minimum absolute atomic E-state index is 0.0703. The second-order valence-electron chi connectivity index (χ2n) is 2.94. The first kappa shape index (κ1) is 9.32. The van der Waals surface area contributed by atoms with Crippen molar-refractivity contribution in [2.24, 2.45) is 7.05 Å². The van der Waals surface area contributed by atoms with Crippen LogP contribution in [0.4, 0.5) is 0 Å². The monoisotopic (exact) mass is 204 g/mol. The first-order valence-electron chi connectivity index (χ1n) is 4.22. The quantitative estimate of drug-likeness (QED) is 0.773. The van der Waals surface area contributed by atoms with Gasteiger partial charge in [0.2, 0.25) is 0 Å². The van der Waals surface area contributed by atoms with Gasteiger partial charge >= 0.3 is 5.97 Å². The summed E-state index contributed by atoms with van der Waals surface area (Å²) in [5.74, 6) is -0.577. The van der Waals surface area contributed by atoms with E-state index in [1.165, 1.54) is 12.4 Å². The Balaban J connectivity index is 2.40. The summed E-state index contributed by atoms with van der Waals surface area (Å²) in [4.78, 5) is 18.5. The molecular formula is C9H8N4O2. The fourth-order valence-electron chi connectivity index (χ4n) is 1.16. The highest BCUT2D eigenvalue weighted by molar-refractivity contribution is 5.86. The van der Waals surface area contributed by atoms with Crippen LogP contribution in [-0.2, 0) is 7.05 Å². The minimum atomic E-state index is -1.04. The highest BCUT2D eigenvalue weighted by atomic mass is 16.4. The molecule has 15 heavy (non-hydrogen) atoms. The summed E-state index contributed by atoms with van der Waals surface area (Å²) in [7, 11) is 1.77. The maximum atomic E-state index is 10.6. The second kappa shape index (κ2) is 3.49. The van der Waals surface area contributed by atoms with Crippen molar-refractivity contribution < 1.29 is 9.90 Å². The van der Waals surface area contributed by atoms with Gasteiger partial charge in [0.05, 0.1) is 5.56 Å². The number of hydrogen-bond donors (Lipinski definition) is 1. The smallest absolute Gasteiger partial charge is 0.338 e. The van der Waals surface area contributed by atoms with Crippen LogP contribution in [0.15, 0.2) is 24.7 Å². The van der Waals surface area contributed by atoms with Gasteiger partial charge in [0.1, 0.15) is 5.69 Å². The molecule has 0 saturated heterocycles. The van der Waals surface area contributed by atoms with E-state index in [4.69, 9.17) is 5.11 Å². The average Bonchev–Trinajstić information content (AvgIpc) is 2.65.